The summed E-state index contributed by atoms with van der Waals surface area (Å²) in [4.78, 5) is 4.34. The maximum absolute atomic E-state index is 5.86. The molecule has 1 unspecified atom stereocenters. The smallest absolute Gasteiger partial charge is 0.178 e. The molecule has 4 rings (SSSR count). The van der Waals surface area contributed by atoms with Gasteiger partial charge in [0.15, 0.2) is 6.33 Å². The van der Waals surface area contributed by atoms with Crippen LogP contribution in [0.4, 0.5) is 0 Å². The van der Waals surface area contributed by atoms with Crippen LogP contribution in [0.5, 0.6) is 5.75 Å². The lowest BCUT2D eigenvalue weighted by molar-refractivity contribution is 0.235. The zero-order valence-corrected chi connectivity index (χ0v) is 10.4. The van der Waals surface area contributed by atoms with E-state index in [2.05, 4.69) is 40.1 Å². The lowest BCUT2D eigenvalue weighted by Crippen LogP contribution is -2.23. The normalized spacial score (nSPS) is 17.4. The van der Waals surface area contributed by atoms with Gasteiger partial charge in [0.25, 0.3) is 0 Å². The molecule has 0 spiro atoms. The molecule has 1 atom stereocenters. The Bertz CT molecular complexity index is 718. The fraction of sp³-hybridized carbons (Fsp3) is 0.188. The van der Waals surface area contributed by atoms with Crippen molar-refractivity contribution in [3.05, 3.63) is 60.4 Å². The van der Waals surface area contributed by atoms with Crippen LogP contribution in [0.15, 0.2) is 48.5 Å². The van der Waals surface area contributed by atoms with Gasteiger partial charge in [-0.3, -0.25) is 0 Å². The Balaban J connectivity index is 1.76. The van der Waals surface area contributed by atoms with Gasteiger partial charge in [-0.2, -0.15) is 0 Å². The summed E-state index contributed by atoms with van der Waals surface area (Å²) < 4.78 is 7.98. The van der Waals surface area contributed by atoms with Crippen LogP contribution < -0.4 is 4.74 Å². The summed E-state index contributed by atoms with van der Waals surface area (Å²) in [7, 11) is 0. The number of hydrogen-bond donors (Lipinski definition) is 0. The van der Waals surface area contributed by atoms with Gasteiger partial charge in [0.1, 0.15) is 17.9 Å². The van der Waals surface area contributed by atoms with Crippen molar-refractivity contribution in [1.29, 1.82) is 0 Å². The molecule has 0 saturated heterocycles. The zero-order chi connectivity index (χ0) is 12.7. The van der Waals surface area contributed by atoms with Crippen LogP contribution in [0, 0.1) is 6.33 Å². The molecule has 3 aromatic rings. The Morgan fingerprint density at radius 2 is 2.05 bits per heavy atom. The molecule has 0 amide bonds. The van der Waals surface area contributed by atoms with Crippen molar-refractivity contribution in [3.8, 4) is 5.75 Å². The molecule has 0 saturated carbocycles. The van der Waals surface area contributed by atoms with Crippen molar-refractivity contribution in [1.82, 2.24) is 9.55 Å². The second kappa shape index (κ2) is 4.12. The SMILES string of the molecule is [c]1nc2cccc3c2n1C(Cc1ccccc1)CO3. The molecule has 3 heteroatoms. The van der Waals surface area contributed by atoms with Crippen molar-refractivity contribution in [2.45, 2.75) is 12.5 Å². The first-order chi connectivity index (χ1) is 9.42. The Kier molecular flexibility index (Phi) is 2.30. The highest BCUT2D eigenvalue weighted by molar-refractivity contribution is 5.82. The second-order valence-electron chi connectivity index (χ2n) is 4.86. The summed E-state index contributed by atoms with van der Waals surface area (Å²) in [5.41, 5.74) is 3.33. The van der Waals surface area contributed by atoms with Crippen LogP contribution in [-0.2, 0) is 6.42 Å². The minimum absolute atomic E-state index is 0.266. The van der Waals surface area contributed by atoms with Crippen LogP contribution in [0.3, 0.4) is 0 Å². The summed E-state index contributed by atoms with van der Waals surface area (Å²) in [6.45, 7) is 0.674. The number of benzene rings is 2. The van der Waals surface area contributed by atoms with Crippen molar-refractivity contribution >= 4 is 11.0 Å². The fourth-order valence-corrected chi connectivity index (χ4v) is 2.68. The van der Waals surface area contributed by atoms with Crippen molar-refractivity contribution < 1.29 is 4.74 Å². The summed E-state index contributed by atoms with van der Waals surface area (Å²) in [5.74, 6) is 0.913. The highest BCUT2D eigenvalue weighted by atomic mass is 16.5. The Labute approximate surface area is 111 Å². The minimum atomic E-state index is 0.266. The van der Waals surface area contributed by atoms with Gasteiger partial charge in [-0.1, -0.05) is 36.4 Å². The maximum Gasteiger partial charge on any atom is 0.178 e. The number of imidazole rings is 1. The van der Waals surface area contributed by atoms with E-state index in [1.54, 1.807) is 0 Å². The molecule has 0 aliphatic carbocycles. The van der Waals surface area contributed by atoms with E-state index >= 15 is 0 Å². The lowest BCUT2D eigenvalue weighted by atomic mass is 10.1. The lowest BCUT2D eigenvalue weighted by Gasteiger charge is -2.25. The van der Waals surface area contributed by atoms with Gasteiger partial charge in [-0.25, -0.2) is 4.98 Å². The van der Waals surface area contributed by atoms with Crippen LogP contribution in [0.1, 0.15) is 11.6 Å². The first-order valence-electron chi connectivity index (χ1n) is 6.47. The highest BCUT2D eigenvalue weighted by Gasteiger charge is 2.23. The molecule has 1 aromatic heterocycles. The molecule has 1 aliphatic heterocycles. The number of hydrogen-bond acceptors (Lipinski definition) is 2. The fourth-order valence-electron chi connectivity index (χ4n) is 2.68. The maximum atomic E-state index is 5.86. The summed E-state index contributed by atoms with van der Waals surface area (Å²) >= 11 is 0. The van der Waals surface area contributed by atoms with Crippen molar-refractivity contribution in [2.24, 2.45) is 0 Å². The summed E-state index contributed by atoms with van der Waals surface area (Å²) in [5, 5.41) is 0. The molecule has 2 aromatic carbocycles. The summed E-state index contributed by atoms with van der Waals surface area (Å²) in [6, 6.07) is 16.7. The number of rotatable bonds is 2. The van der Waals surface area contributed by atoms with Crippen LogP contribution in [-0.4, -0.2) is 16.2 Å². The number of nitrogens with zero attached hydrogens (tertiary/aromatic N) is 2. The predicted octanol–water partition coefficient (Wildman–Crippen LogP) is 3.01. The average molecular weight is 249 g/mol. The molecular weight excluding hydrogens is 236 g/mol. The topological polar surface area (TPSA) is 27.1 Å². The van der Waals surface area contributed by atoms with Gasteiger partial charge in [-0.05, 0) is 24.1 Å². The number of aromatic nitrogens is 2. The molecule has 1 radical (unpaired) electrons. The number of ether oxygens (including phenoxy) is 1. The summed E-state index contributed by atoms with van der Waals surface area (Å²) in [6.07, 6.45) is 4.05. The van der Waals surface area contributed by atoms with Gasteiger partial charge >= 0.3 is 0 Å². The molecule has 1 aliphatic rings. The van der Waals surface area contributed by atoms with Gasteiger partial charge in [0, 0.05) is 0 Å². The van der Waals surface area contributed by atoms with E-state index in [4.69, 9.17) is 4.74 Å². The van der Waals surface area contributed by atoms with Gasteiger partial charge < -0.3 is 9.30 Å². The molecule has 0 bridgehead atoms. The molecule has 93 valence electrons. The monoisotopic (exact) mass is 249 g/mol. The van der Waals surface area contributed by atoms with E-state index in [-0.39, 0.29) is 6.04 Å². The van der Waals surface area contributed by atoms with Gasteiger partial charge in [0.05, 0.1) is 11.6 Å². The Hall–Kier alpha value is -2.29. The van der Waals surface area contributed by atoms with Crippen LogP contribution >= 0.6 is 0 Å². The molecule has 2 heterocycles. The molecule has 19 heavy (non-hydrogen) atoms. The van der Waals surface area contributed by atoms with Crippen LogP contribution in [0.25, 0.3) is 11.0 Å². The van der Waals surface area contributed by atoms with Crippen LogP contribution in [0.2, 0.25) is 0 Å². The van der Waals surface area contributed by atoms with E-state index in [0.717, 1.165) is 23.2 Å². The molecule has 0 N–H and O–H groups in total. The first-order valence-corrected chi connectivity index (χ1v) is 6.47. The van der Waals surface area contributed by atoms with Crippen molar-refractivity contribution in [2.75, 3.05) is 6.61 Å². The third-order valence-electron chi connectivity index (χ3n) is 3.61. The molecule has 3 nitrogen and oxygen atoms in total. The second-order valence-corrected chi connectivity index (χ2v) is 4.86. The predicted molar refractivity (Wildman–Crippen MR) is 73.2 cm³/mol. The van der Waals surface area contributed by atoms with Crippen molar-refractivity contribution in [3.63, 3.8) is 0 Å². The van der Waals surface area contributed by atoms with E-state index in [1.807, 2.05) is 24.3 Å². The van der Waals surface area contributed by atoms with E-state index < -0.39 is 0 Å². The van der Waals surface area contributed by atoms with Gasteiger partial charge in [-0.15, -0.1) is 0 Å². The minimum Gasteiger partial charge on any atom is -0.489 e. The third kappa shape index (κ3) is 1.70. The largest absolute Gasteiger partial charge is 0.489 e. The molecule has 0 fully saturated rings. The van der Waals surface area contributed by atoms with E-state index in [9.17, 15) is 0 Å². The molecular formula is C16H13N2O. The quantitative estimate of drug-likeness (QED) is 0.698. The Morgan fingerprint density at radius 3 is 2.95 bits per heavy atom. The average Bonchev–Trinajstić information content (AvgIpc) is 2.89. The third-order valence-corrected chi connectivity index (χ3v) is 3.61. The van der Waals surface area contributed by atoms with Gasteiger partial charge in [0.2, 0.25) is 0 Å². The zero-order valence-electron chi connectivity index (χ0n) is 10.4. The van der Waals surface area contributed by atoms with E-state index in [0.29, 0.717) is 6.61 Å². The number of para-hydroxylation sites is 1. The Morgan fingerprint density at radius 1 is 1.16 bits per heavy atom. The first kappa shape index (κ1) is 10.6. The highest BCUT2D eigenvalue weighted by Crippen LogP contribution is 2.32. The van der Waals surface area contributed by atoms with E-state index in [1.165, 1.54) is 5.56 Å². The standard InChI is InChI=1S/C16H13N2O/c1-2-5-12(6-3-1)9-13-10-19-15-8-4-7-14-16(15)18(13)11-17-14/h1-8,13H,9-10H2.